The first kappa shape index (κ1) is 18.6. The summed E-state index contributed by atoms with van der Waals surface area (Å²) in [5, 5.41) is 1.49. The first-order valence-electron chi connectivity index (χ1n) is 6.36. The molecule has 0 bridgehead atoms. The molecule has 1 heterocycles. The maximum Gasteiger partial charge on any atom is 0.0468 e. The zero-order chi connectivity index (χ0) is 13.4. The van der Waals surface area contributed by atoms with E-state index in [1.54, 1.807) is 0 Å². The molecule has 21 heavy (non-hydrogen) atoms. The largest absolute Gasteiger partial charge is 0.301 e. The summed E-state index contributed by atoms with van der Waals surface area (Å²) in [5.41, 5.74) is 3.78. The Balaban J connectivity index is 0.00000110. The molecular formula is C16H17Cl4N. The van der Waals surface area contributed by atoms with Gasteiger partial charge in [0.2, 0.25) is 0 Å². The van der Waals surface area contributed by atoms with Crippen LogP contribution in [0.2, 0.25) is 10.0 Å². The highest BCUT2D eigenvalue weighted by molar-refractivity contribution is 6.35. The highest BCUT2D eigenvalue weighted by Gasteiger charge is 2.26. The summed E-state index contributed by atoms with van der Waals surface area (Å²) < 4.78 is 0. The summed E-state index contributed by atoms with van der Waals surface area (Å²) in [6.07, 6.45) is 0. The molecule has 0 aromatic heterocycles. The third kappa shape index (κ3) is 3.85. The molecule has 1 aliphatic rings. The Hall–Kier alpha value is -0.440. The minimum absolute atomic E-state index is 0. The van der Waals surface area contributed by atoms with Gasteiger partial charge >= 0.3 is 0 Å². The molecular weight excluding hydrogens is 348 g/mol. The second kappa shape index (κ2) is 7.71. The molecule has 0 radical (unpaired) electrons. The minimum Gasteiger partial charge on any atom is -0.301 e. The summed E-state index contributed by atoms with van der Waals surface area (Å²) in [7, 11) is 2.13. The standard InChI is InChI=1S/C16H15Cl2N.2ClH/c1-19-9-14(11-5-3-2-4-6-11)13-7-12(17)8-16(18)15(13)10-19;;/h2-8,14H,9-10H2,1H3;2*1H. The average Bonchev–Trinajstić information content (AvgIpc) is 2.40. The fourth-order valence-corrected chi connectivity index (χ4v) is 3.38. The SMILES string of the molecule is CN1Cc2c(Cl)cc(Cl)cc2C(c2ccccc2)C1.Cl.Cl. The number of rotatable bonds is 1. The van der Waals surface area contributed by atoms with Crippen molar-refractivity contribution in [2.24, 2.45) is 0 Å². The summed E-state index contributed by atoms with van der Waals surface area (Å²) in [5.74, 6) is 0.339. The molecule has 0 spiro atoms. The van der Waals surface area contributed by atoms with Crippen LogP contribution in [0.1, 0.15) is 22.6 Å². The lowest BCUT2D eigenvalue weighted by atomic mass is 9.85. The molecule has 1 atom stereocenters. The predicted molar refractivity (Wildman–Crippen MR) is 95.6 cm³/mol. The van der Waals surface area contributed by atoms with Crippen molar-refractivity contribution in [1.29, 1.82) is 0 Å². The zero-order valence-corrected chi connectivity index (χ0v) is 14.7. The molecule has 3 rings (SSSR count). The van der Waals surface area contributed by atoms with Gasteiger partial charge in [-0.25, -0.2) is 0 Å². The molecule has 0 N–H and O–H groups in total. The predicted octanol–water partition coefficient (Wildman–Crippen LogP) is 5.41. The fraction of sp³-hybridized carbons (Fsp3) is 0.250. The number of hydrogen-bond donors (Lipinski definition) is 0. The van der Waals surface area contributed by atoms with Crippen LogP contribution in [-0.2, 0) is 6.54 Å². The molecule has 114 valence electrons. The van der Waals surface area contributed by atoms with Crippen molar-refractivity contribution in [2.45, 2.75) is 12.5 Å². The molecule has 0 saturated carbocycles. The second-order valence-electron chi connectivity index (χ2n) is 5.12. The number of halogens is 4. The molecule has 0 amide bonds. The van der Waals surface area contributed by atoms with E-state index in [4.69, 9.17) is 23.2 Å². The maximum absolute atomic E-state index is 6.35. The summed E-state index contributed by atoms with van der Waals surface area (Å²) in [6.45, 7) is 1.88. The number of fused-ring (bicyclic) bond motifs is 1. The van der Waals surface area contributed by atoms with Gasteiger partial charge in [-0.05, 0) is 35.9 Å². The van der Waals surface area contributed by atoms with Gasteiger partial charge in [0.25, 0.3) is 0 Å². The molecule has 5 heteroatoms. The normalized spacial score (nSPS) is 17.4. The Morgan fingerprint density at radius 1 is 1.05 bits per heavy atom. The molecule has 0 aliphatic carbocycles. The number of hydrogen-bond acceptors (Lipinski definition) is 1. The van der Waals surface area contributed by atoms with Crippen LogP contribution in [0.15, 0.2) is 42.5 Å². The topological polar surface area (TPSA) is 3.24 Å². The van der Waals surface area contributed by atoms with E-state index in [2.05, 4.69) is 42.3 Å². The van der Waals surface area contributed by atoms with Gasteiger partial charge in [-0.2, -0.15) is 0 Å². The molecule has 2 aromatic rings. The lowest BCUT2D eigenvalue weighted by molar-refractivity contribution is 0.295. The lowest BCUT2D eigenvalue weighted by Gasteiger charge is -2.33. The average molecular weight is 365 g/mol. The quantitative estimate of drug-likeness (QED) is 0.653. The Morgan fingerprint density at radius 3 is 2.38 bits per heavy atom. The lowest BCUT2D eigenvalue weighted by Crippen LogP contribution is -2.31. The van der Waals surface area contributed by atoms with Crippen LogP contribution in [-0.4, -0.2) is 18.5 Å². The van der Waals surface area contributed by atoms with Crippen LogP contribution in [0.4, 0.5) is 0 Å². The minimum atomic E-state index is 0. The van der Waals surface area contributed by atoms with Crippen LogP contribution in [0, 0.1) is 0 Å². The zero-order valence-electron chi connectivity index (χ0n) is 11.6. The van der Waals surface area contributed by atoms with Gasteiger partial charge in [0.15, 0.2) is 0 Å². The Kier molecular flexibility index (Phi) is 6.83. The van der Waals surface area contributed by atoms with Crippen molar-refractivity contribution >= 4 is 48.0 Å². The van der Waals surface area contributed by atoms with Crippen molar-refractivity contribution in [3.05, 3.63) is 69.2 Å². The van der Waals surface area contributed by atoms with Crippen molar-refractivity contribution in [2.75, 3.05) is 13.6 Å². The fourth-order valence-electron chi connectivity index (χ4n) is 2.82. The van der Waals surface area contributed by atoms with Gasteiger partial charge in [0.05, 0.1) is 0 Å². The Bertz CT molecular complexity index is 601. The van der Waals surface area contributed by atoms with E-state index in [9.17, 15) is 0 Å². The Labute approximate surface area is 148 Å². The van der Waals surface area contributed by atoms with Crippen molar-refractivity contribution in [1.82, 2.24) is 4.90 Å². The molecule has 0 fully saturated rings. The third-order valence-electron chi connectivity index (χ3n) is 3.69. The molecule has 2 aromatic carbocycles. The van der Waals surface area contributed by atoms with Crippen LogP contribution in [0.25, 0.3) is 0 Å². The van der Waals surface area contributed by atoms with Crippen molar-refractivity contribution in [3.63, 3.8) is 0 Å². The number of nitrogens with zero attached hydrogens (tertiary/aromatic N) is 1. The van der Waals surface area contributed by atoms with E-state index in [0.717, 1.165) is 18.1 Å². The summed E-state index contributed by atoms with van der Waals surface area (Å²) in [4.78, 5) is 2.31. The van der Waals surface area contributed by atoms with Crippen molar-refractivity contribution in [3.8, 4) is 0 Å². The van der Waals surface area contributed by atoms with Crippen LogP contribution in [0.5, 0.6) is 0 Å². The smallest absolute Gasteiger partial charge is 0.0468 e. The monoisotopic (exact) mass is 363 g/mol. The van der Waals surface area contributed by atoms with E-state index in [1.807, 2.05) is 12.1 Å². The van der Waals surface area contributed by atoms with E-state index in [0.29, 0.717) is 10.9 Å². The van der Waals surface area contributed by atoms with E-state index in [1.165, 1.54) is 16.7 Å². The van der Waals surface area contributed by atoms with Gasteiger partial charge < -0.3 is 4.90 Å². The summed E-state index contributed by atoms with van der Waals surface area (Å²) >= 11 is 12.5. The van der Waals surface area contributed by atoms with Crippen LogP contribution >= 0.6 is 48.0 Å². The molecule has 1 nitrogen and oxygen atoms in total. The summed E-state index contributed by atoms with van der Waals surface area (Å²) in [6, 6.07) is 14.4. The third-order valence-corrected chi connectivity index (χ3v) is 4.25. The first-order chi connectivity index (χ1) is 9.15. The van der Waals surface area contributed by atoms with Crippen LogP contribution in [0.3, 0.4) is 0 Å². The first-order valence-corrected chi connectivity index (χ1v) is 7.12. The van der Waals surface area contributed by atoms with Gasteiger partial charge in [0.1, 0.15) is 0 Å². The number of benzene rings is 2. The molecule has 1 aliphatic heterocycles. The van der Waals surface area contributed by atoms with Gasteiger partial charge in [0, 0.05) is 29.1 Å². The van der Waals surface area contributed by atoms with Crippen molar-refractivity contribution < 1.29 is 0 Å². The van der Waals surface area contributed by atoms with Gasteiger partial charge in [-0.3, -0.25) is 0 Å². The highest BCUT2D eigenvalue weighted by atomic mass is 35.5. The van der Waals surface area contributed by atoms with E-state index in [-0.39, 0.29) is 24.8 Å². The Morgan fingerprint density at radius 2 is 1.71 bits per heavy atom. The van der Waals surface area contributed by atoms with Gasteiger partial charge in [-0.15, -0.1) is 24.8 Å². The second-order valence-corrected chi connectivity index (χ2v) is 5.96. The van der Waals surface area contributed by atoms with E-state index < -0.39 is 0 Å². The highest BCUT2D eigenvalue weighted by Crippen LogP contribution is 2.38. The van der Waals surface area contributed by atoms with Gasteiger partial charge in [-0.1, -0.05) is 53.5 Å². The molecule has 1 unspecified atom stereocenters. The number of likely N-dealkylation sites (N-methyl/N-ethyl adjacent to an activating group) is 1. The maximum atomic E-state index is 6.35. The van der Waals surface area contributed by atoms with Crippen LogP contribution < -0.4 is 0 Å². The molecule has 0 saturated heterocycles. The van der Waals surface area contributed by atoms with E-state index >= 15 is 0 Å².